The number of anilines is 2. The molecule has 1 unspecified atom stereocenters. The minimum atomic E-state index is -0.274. The molecule has 1 aliphatic carbocycles. The van der Waals surface area contributed by atoms with Gasteiger partial charge < -0.3 is 11.1 Å². The van der Waals surface area contributed by atoms with Gasteiger partial charge in [0, 0.05) is 36.5 Å². The van der Waals surface area contributed by atoms with Gasteiger partial charge in [0.2, 0.25) is 0 Å². The van der Waals surface area contributed by atoms with Crippen LogP contribution >= 0.6 is 0 Å². The smallest absolute Gasteiger partial charge is 0.127 e. The van der Waals surface area contributed by atoms with Crippen molar-refractivity contribution in [2.45, 2.75) is 31.3 Å². The lowest BCUT2D eigenvalue weighted by Gasteiger charge is -2.17. The van der Waals surface area contributed by atoms with Gasteiger partial charge in [-0.15, -0.1) is 0 Å². The molecule has 0 aromatic heterocycles. The second-order valence-corrected chi connectivity index (χ2v) is 5.13. The van der Waals surface area contributed by atoms with E-state index in [0.29, 0.717) is 11.7 Å². The van der Waals surface area contributed by atoms with E-state index in [1.807, 2.05) is 0 Å². The molecule has 2 aliphatic rings. The molecular weight excluding hydrogens is 217 g/mol. The summed E-state index contributed by atoms with van der Waals surface area (Å²) in [4.78, 5) is 2.53. The SMILES string of the molecule is Nc1cc(F)cc(NC2CCN(C3CC3)C2)c1. The zero-order valence-electron chi connectivity index (χ0n) is 9.82. The number of halogens is 1. The van der Waals surface area contributed by atoms with Gasteiger partial charge in [0.05, 0.1) is 0 Å². The standard InChI is InChI=1S/C13H18FN3/c14-9-5-10(15)7-12(6-9)16-11-3-4-17(8-11)13-1-2-13/h5-7,11,13,16H,1-4,8,15H2. The third kappa shape index (κ3) is 2.52. The maximum absolute atomic E-state index is 13.2. The summed E-state index contributed by atoms with van der Waals surface area (Å²) in [6.45, 7) is 2.23. The number of hydrogen-bond acceptors (Lipinski definition) is 3. The number of nitrogens with one attached hydrogen (secondary N) is 1. The van der Waals surface area contributed by atoms with Gasteiger partial charge in [-0.1, -0.05) is 0 Å². The Morgan fingerprint density at radius 1 is 1.24 bits per heavy atom. The van der Waals surface area contributed by atoms with E-state index in [0.717, 1.165) is 31.2 Å². The first-order valence-corrected chi connectivity index (χ1v) is 6.27. The Morgan fingerprint density at radius 2 is 2.06 bits per heavy atom. The first-order chi connectivity index (χ1) is 8.20. The van der Waals surface area contributed by atoms with Crippen LogP contribution in [0.1, 0.15) is 19.3 Å². The van der Waals surface area contributed by atoms with Gasteiger partial charge in [-0.25, -0.2) is 4.39 Å². The van der Waals surface area contributed by atoms with Crippen LogP contribution < -0.4 is 11.1 Å². The summed E-state index contributed by atoms with van der Waals surface area (Å²) in [6.07, 6.45) is 3.83. The summed E-state index contributed by atoms with van der Waals surface area (Å²) in [6, 6.07) is 5.89. The van der Waals surface area contributed by atoms with Crippen molar-refractivity contribution in [1.82, 2.24) is 4.90 Å². The quantitative estimate of drug-likeness (QED) is 0.788. The molecule has 1 aromatic rings. The summed E-state index contributed by atoms with van der Waals surface area (Å²) >= 11 is 0. The first-order valence-electron chi connectivity index (χ1n) is 6.27. The van der Waals surface area contributed by atoms with E-state index in [2.05, 4.69) is 10.2 Å². The lowest BCUT2D eigenvalue weighted by atomic mass is 10.2. The van der Waals surface area contributed by atoms with E-state index >= 15 is 0 Å². The van der Waals surface area contributed by atoms with Crippen molar-refractivity contribution in [2.24, 2.45) is 0 Å². The van der Waals surface area contributed by atoms with Crippen LogP contribution in [0.4, 0.5) is 15.8 Å². The number of likely N-dealkylation sites (tertiary alicyclic amines) is 1. The summed E-state index contributed by atoms with van der Waals surface area (Å²) < 4.78 is 13.2. The summed E-state index contributed by atoms with van der Waals surface area (Å²) in [5.74, 6) is -0.274. The highest BCUT2D eigenvalue weighted by Crippen LogP contribution is 2.30. The molecule has 1 aromatic carbocycles. The van der Waals surface area contributed by atoms with Gasteiger partial charge in [0.15, 0.2) is 0 Å². The van der Waals surface area contributed by atoms with Crippen LogP contribution in [-0.4, -0.2) is 30.1 Å². The molecular formula is C13H18FN3. The summed E-state index contributed by atoms with van der Waals surface area (Å²) in [5.41, 5.74) is 6.90. The molecule has 3 N–H and O–H groups in total. The lowest BCUT2D eigenvalue weighted by Crippen LogP contribution is -2.27. The fraction of sp³-hybridized carbons (Fsp3) is 0.538. The highest BCUT2D eigenvalue weighted by molar-refractivity contribution is 5.55. The van der Waals surface area contributed by atoms with Crippen LogP contribution in [0, 0.1) is 5.82 Å². The van der Waals surface area contributed by atoms with Gasteiger partial charge in [0.25, 0.3) is 0 Å². The molecule has 2 fully saturated rings. The molecule has 1 saturated carbocycles. The Labute approximate surface area is 101 Å². The minimum absolute atomic E-state index is 0.274. The molecule has 0 amide bonds. The zero-order chi connectivity index (χ0) is 11.8. The van der Waals surface area contributed by atoms with E-state index < -0.39 is 0 Å². The van der Waals surface area contributed by atoms with Crippen LogP contribution in [0.3, 0.4) is 0 Å². The van der Waals surface area contributed by atoms with Crippen LogP contribution in [0.25, 0.3) is 0 Å². The molecule has 1 aliphatic heterocycles. The van der Waals surface area contributed by atoms with E-state index in [4.69, 9.17) is 5.73 Å². The van der Waals surface area contributed by atoms with Crippen molar-refractivity contribution in [3.63, 3.8) is 0 Å². The fourth-order valence-electron chi connectivity index (χ4n) is 2.61. The molecule has 4 heteroatoms. The molecule has 1 saturated heterocycles. The highest BCUT2D eigenvalue weighted by atomic mass is 19.1. The van der Waals surface area contributed by atoms with Crippen molar-refractivity contribution in [3.05, 3.63) is 24.0 Å². The predicted octanol–water partition coefficient (Wildman–Crippen LogP) is 2.06. The molecule has 92 valence electrons. The van der Waals surface area contributed by atoms with Gasteiger partial charge in [-0.2, -0.15) is 0 Å². The topological polar surface area (TPSA) is 41.3 Å². The van der Waals surface area contributed by atoms with Crippen molar-refractivity contribution in [3.8, 4) is 0 Å². The average Bonchev–Trinajstić information content (AvgIpc) is 2.99. The summed E-state index contributed by atoms with van der Waals surface area (Å²) in [5, 5.41) is 3.37. The molecule has 17 heavy (non-hydrogen) atoms. The number of nitrogens with two attached hydrogens (primary N) is 1. The summed E-state index contributed by atoms with van der Waals surface area (Å²) in [7, 11) is 0. The van der Waals surface area contributed by atoms with Crippen LogP contribution in [0.5, 0.6) is 0 Å². The van der Waals surface area contributed by atoms with Gasteiger partial charge in [-0.05, 0) is 37.5 Å². The van der Waals surface area contributed by atoms with E-state index in [1.54, 1.807) is 6.07 Å². The molecule has 0 bridgehead atoms. The second-order valence-electron chi connectivity index (χ2n) is 5.13. The largest absolute Gasteiger partial charge is 0.399 e. The maximum Gasteiger partial charge on any atom is 0.127 e. The zero-order valence-corrected chi connectivity index (χ0v) is 9.82. The van der Waals surface area contributed by atoms with Crippen molar-refractivity contribution < 1.29 is 4.39 Å². The minimum Gasteiger partial charge on any atom is -0.399 e. The monoisotopic (exact) mass is 235 g/mol. The van der Waals surface area contributed by atoms with Gasteiger partial charge in [-0.3, -0.25) is 4.90 Å². The Balaban J connectivity index is 1.62. The molecule has 1 atom stereocenters. The Kier molecular flexibility index (Phi) is 2.67. The normalized spacial score (nSPS) is 25.1. The average molecular weight is 235 g/mol. The third-order valence-corrected chi connectivity index (χ3v) is 3.57. The van der Waals surface area contributed by atoms with Crippen LogP contribution in [0.2, 0.25) is 0 Å². The van der Waals surface area contributed by atoms with Crippen molar-refractivity contribution in [2.75, 3.05) is 24.1 Å². The highest BCUT2D eigenvalue weighted by Gasteiger charge is 2.34. The van der Waals surface area contributed by atoms with Crippen molar-refractivity contribution >= 4 is 11.4 Å². The molecule has 0 spiro atoms. The Hall–Kier alpha value is -1.29. The van der Waals surface area contributed by atoms with Crippen molar-refractivity contribution in [1.29, 1.82) is 0 Å². The number of nitrogen functional groups attached to an aromatic ring is 1. The number of rotatable bonds is 3. The lowest BCUT2D eigenvalue weighted by molar-refractivity contribution is 0.326. The Bertz CT molecular complexity index is 397. The van der Waals surface area contributed by atoms with E-state index in [9.17, 15) is 4.39 Å². The molecule has 3 rings (SSSR count). The fourth-order valence-corrected chi connectivity index (χ4v) is 2.61. The van der Waals surface area contributed by atoms with E-state index in [1.165, 1.54) is 25.0 Å². The number of benzene rings is 1. The number of hydrogen-bond donors (Lipinski definition) is 2. The Morgan fingerprint density at radius 3 is 2.76 bits per heavy atom. The van der Waals surface area contributed by atoms with Crippen LogP contribution in [0.15, 0.2) is 18.2 Å². The third-order valence-electron chi connectivity index (χ3n) is 3.57. The predicted molar refractivity (Wildman–Crippen MR) is 67.4 cm³/mol. The van der Waals surface area contributed by atoms with Gasteiger partial charge >= 0.3 is 0 Å². The molecule has 3 nitrogen and oxygen atoms in total. The molecule has 0 radical (unpaired) electrons. The second kappa shape index (κ2) is 4.18. The van der Waals surface area contributed by atoms with E-state index in [-0.39, 0.29) is 5.82 Å². The van der Waals surface area contributed by atoms with Crippen LogP contribution in [-0.2, 0) is 0 Å². The van der Waals surface area contributed by atoms with Gasteiger partial charge in [0.1, 0.15) is 5.82 Å². The maximum atomic E-state index is 13.2. The molecule has 1 heterocycles. The first kappa shape index (κ1) is 10.8. The number of nitrogens with zero attached hydrogens (tertiary/aromatic N) is 1.